The number of amides is 2. The second kappa shape index (κ2) is 8.19. The van der Waals surface area contributed by atoms with Crippen molar-refractivity contribution in [3.8, 4) is 11.4 Å². The van der Waals surface area contributed by atoms with Crippen molar-refractivity contribution in [1.82, 2.24) is 29.8 Å². The largest absolute Gasteiger partial charge is 0.504 e. The molecule has 0 aliphatic carbocycles. The topological polar surface area (TPSA) is 123 Å². The summed E-state index contributed by atoms with van der Waals surface area (Å²) in [6.07, 6.45) is 1.28. The molecule has 31 heavy (non-hydrogen) atoms. The van der Waals surface area contributed by atoms with E-state index in [0.717, 1.165) is 11.0 Å². The van der Waals surface area contributed by atoms with E-state index in [1.807, 2.05) is 30.3 Å². The van der Waals surface area contributed by atoms with Crippen LogP contribution in [0.25, 0.3) is 16.7 Å². The van der Waals surface area contributed by atoms with Gasteiger partial charge in [-0.2, -0.15) is 5.10 Å². The maximum absolute atomic E-state index is 12.4. The minimum atomic E-state index is -0.761. The molecule has 158 valence electrons. The molecule has 4 rings (SSSR count). The number of hydrazine groups is 1. The molecule has 0 spiro atoms. The zero-order chi connectivity index (χ0) is 22.0. The summed E-state index contributed by atoms with van der Waals surface area (Å²) in [6.45, 7) is 0.149. The number of hydrogen-bond acceptors (Lipinski definition) is 5. The molecule has 2 aromatic carbocycles. The quantitative estimate of drug-likeness (QED) is 0.417. The Kier molecular flexibility index (Phi) is 5.27. The molecular formula is C21H20N6O4. The Labute approximate surface area is 176 Å². The average molecular weight is 420 g/mol. The number of nitrogens with zero attached hydrogens (tertiary/aromatic N) is 4. The summed E-state index contributed by atoms with van der Waals surface area (Å²) in [5.74, 6) is -1.57. The summed E-state index contributed by atoms with van der Waals surface area (Å²) in [5.41, 5.74) is 6.22. The molecule has 3 N–H and O–H groups in total. The third kappa shape index (κ3) is 3.90. The van der Waals surface area contributed by atoms with Gasteiger partial charge in [0.1, 0.15) is 0 Å². The first-order valence-corrected chi connectivity index (χ1v) is 9.53. The van der Waals surface area contributed by atoms with Crippen molar-refractivity contribution >= 4 is 22.8 Å². The van der Waals surface area contributed by atoms with Crippen LogP contribution in [0.4, 0.5) is 0 Å². The average Bonchev–Trinajstić information content (AvgIpc) is 3.29. The lowest BCUT2D eigenvalue weighted by molar-refractivity contribution is -0.122. The van der Waals surface area contributed by atoms with Crippen molar-refractivity contribution in [2.24, 2.45) is 7.05 Å². The highest BCUT2D eigenvalue weighted by Crippen LogP contribution is 2.17. The third-order valence-corrected chi connectivity index (χ3v) is 4.86. The Morgan fingerprint density at radius 1 is 1.00 bits per heavy atom. The van der Waals surface area contributed by atoms with Crippen LogP contribution in [-0.4, -0.2) is 35.8 Å². The number of nitrogens with one attached hydrogen (secondary N) is 2. The molecule has 0 radical (unpaired) electrons. The number of rotatable bonds is 5. The fraction of sp³-hybridized carbons (Fsp3) is 0.143. The summed E-state index contributed by atoms with van der Waals surface area (Å²) >= 11 is 0. The molecule has 0 aliphatic heterocycles. The fourth-order valence-electron chi connectivity index (χ4n) is 3.28. The first kappa shape index (κ1) is 20.0. The van der Waals surface area contributed by atoms with Gasteiger partial charge in [-0.1, -0.05) is 30.3 Å². The van der Waals surface area contributed by atoms with Crippen molar-refractivity contribution in [3.05, 3.63) is 77.0 Å². The van der Waals surface area contributed by atoms with Crippen LogP contribution >= 0.6 is 0 Å². The van der Waals surface area contributed by atoms with Gasteiger partial charge in [0.15, 0.2) is 11.4 Å². The highest BCUT2D eigenvalue weighted by atomic mass is 16.3. The number of aromatic hydroxyl groups is 1. The van der Waals surface area contributed by atoms with Crippen molar-refractivity contribution < 1.29 is 14.7 Å². The van der Waals surface area contributed by atoms with E-state index in [4.69, 9.17) is 0 Å². The highest BCUT2D eigenvalue weighted by Gasteiger charge is 2.18. The molecule has 2 aromatic heterocycles. The number of aromatic nitrogens is 4. The number of carbonyl (C=O) groups is 2. The van der Waals surface area contributed by atoms with Crippen LogP contribution in [0.3, 0.4) is 0 Å². The van der Waals surface area contributed by atoms with Gasteiger partial charge in [-0.15, -0.1) is 0 Å². The van der Waals surface area contributed by atoms with Crippen molar-refractivity contribution in [2.45, 2.75) is 13.0 Å². The Morgan fingerprint density at radius 2 is 1.68 bits per heavy atom. The molecule has 0 bridgehead atoms. The zero-order valence-corrected chi connectivity index (χ0v) is 16.6. The SMILES string of the molecule is Cn1c(=O)n(CCC(=O)NNC(=O)c2nn(-c3ccccc3)cc2O)c2ccccc21. The number of hydrogen-bond donors (Lipinski definition) is 3. The summed E-state index contributed by atoms with van der Waals surface area (Å²) in [6, 6.07) is 16.3. The van der Waals surface area contributed by atoms with Gasteiger partial charge < -0.3 is 5.11 Å². The highest BCUT2D eigenvalue weighted by molar-refractivity contribution is 5.95. The number of imidazole rings is 1. The molecule has 4 aromatic rings. The van der Waals surface area contributed by atoms with E-state index in [1.165, 1.54) is 20.0 Å². The van der Waals surface area contributed by atoms with E-state index in [0.29, 0.717) is 5.69 Å². The monoisotopic (exact) mass is 420 g/mol. The van der Waals surface area contributed by atoms with Crippen LogP contribution in [-0.2, 0) is 18.4 Å². The maximum Gasteiger partial charge on any atom is 0.328 e. The third-order valence-electron chi connectivity index (χ3n) is 4.86. The second-order valence-corrected chi connectivity index (χ2v) is 6.88. The van der Waals surface area contributed by atoms with E-state index in [9.17, 15) is 19.5 Å². The van der Waals surface area contributed by atoms with Crippen LogP contribution in [0.2, 0.25) is 0 Å². The number of fused-ring (bicyclic) bond motifs is 1. The zero-order valence-electron chi connectivity index (χ0n) is 16.6. The molecular weight excluding hydrogens is 400 g/mol. The number of benzene rings is 2. The molecule has 2 amide bonds. The van der Waals surface area contributed by atoms with Gasteiger partial charge in [-0.05, 0) is 24.3 Å². The van der Waals surface area contributed by atoms with Gasteiger partial charge >= 0.3 is 5.69 Å². The Balaban J connectivity index is 1.38. The minimum absolute atomic E-state index is 0.0291. The van der Waals surface area contributed by atoms with Gasteiger partial charge in [-0.3, -0.25) is 29.6 Å². The molecule has 10 nitrogen and oxygen atoms in total. The Hall–Kier alpha value is -4.34. The molecule has 2 heterocycles. The standard InChI is InChI=1S/C21H20N6O4/c1-25-15-9-5-6-10-16(15)26(21(25)31)12-11-18(29)22-23-20(30)19-17(28)13-27(24-19)14-7-3-2-4-8-14/h2-10,13,28H,11-12H2,1H3,(H,22,29)(H,23,30). The van der Waals surface area contributed by atoms with E-state index in [-0.39, 0.29) is 30.1 Å². The second-order valence-electron chi connectivity index (χ2n) is 6.88. The lowest BCUT2D eigenvalue weighted by Gasteiger charge is -2.07. The van der Waals surface area contributed by atoms with Crippen LogP contribution in [0.15, 0.2) is 65.6 Å². The van der Waals surface area contributed by atoms with E-state index in [1.54, 1.807) is 31.3 Å². The Bertz CT molecular complexity index is 1320. The van der Waals surface area contributed by atoms with Crippen LogP contribution in [0.1, 0.15) is 16.9 Å². The fourth-order valence-corrected chi connectivity index (χ4v) is 3.28. The van der Waals surface area contributed by atoms with Crippen molar-refractivity contribution in [3.63, 3.8) is 0 Å². The Morgan fingerprint density at radius 3 is 2.42 bits per heavy atom. The smallest absolute Gasteiger partial charge is 0.328 e. The predicted molar refractivity (Wildman–Crippen MR) is 113 cm³/mol. The molecule has 10 heteroatoms. The van der Waals surface area contributed by atoms with Gasteiger partial charge in [0, 0.05) is 20.0 Å². The van der Waals surface area contributed by atoms with Gasteiger partial charge in [0.05, 0.1) is 22.9 Å². The molecule has 0 unspecified atom stereocenters. The van der Waals surface area contributed by atoms with Gasteiger partial charge in [0.25, 0.3) is 5.91 Å². The summed E-state index contributed by atoms with van der Waals surface area (Å²) < 4.78 is 4.38. The number of carbonyl (C=O) groups excluding carboxylic acids is 2. The van der Waals surface area contributed by atoms with Gasteiger partial charge in [0.2, 0.25) is 5.91 Å². The minimum Gasteiger partial charge on any atom is -0.504 e. The summed E-state index contributed by atoms with van der Waals surface area (Å²) in [4.78, 5) is 36.9. The lowest BCUT2D eigenvalue weighted by atomic mass is 10.3. The molecule has 0 saturated carbocycles. The van der Waals surface area contributed by atoms with E-state index >= 15 is 0 Å². The van der Waals surface area contributed by atoms with Crippen LogP contribution in [0, 0.1) is 0 Å². The number of aryl methyl sites for hydroxylation is 2. The van der Waals surface area contributed by atoms with E-state index < -0.39 is 11.8 Å². The lowest BCUT2D eigenvalue weighted by Crippen LogP contribution is -2.42. The maximum atomic E-state index is 12.4. The van der Waals surface area contributed by atoms with E-state index in [2.05, 4.69) is 16.0 Å². The predicted octanol–water partition coefficient (Wildman–Crippen LogP) is 1.08. The van der Waals surface area contributed by atoms with Gasteiger partial charge in [-0.25, -0.2) is 9.48 Å². The van der Waals surface area contributed by atoms with Crippen molar-refractivity contribution in [1.29, 1.82) is 0 Å². The summed E-state index contributed by atoms with van der Waals surface area (Å²) in [5, 5.41) is 14.1. The number of para-hydroxylation sites is 3. The van der Waals surface area contributed by atoms with Crippen molar-refractivity contribution in [2.75, 3.05) is 0 Å². The van der Waals surface area contributed by atoms with Crippen LogP contribution in [0.5, 0.6) is 5.75 Å². The molecule has 0 atom stereocenters. The summed E-state index contributed by atoms with van der Waals surface area (Å²) in [7, 11) is 1.67. The first-order valence-electron chi connectivity index (χ1n) is 9.53. The molecule has 0 fully saturated rings. The normalized spacial score (nSPS) is 10.9. The molecule has 0 aliphatic rings. The molecule has 0 saturated heterocycles. The first-order chi connectivity index (χ1) is 15.0. The van der Waals surface area contributed by atoms with Crippen LogP contribution < -0.4 is 16.5 Å².